The molecule has 96 valence electrons. The van der Waals surface area contributed by atoms with Gasteiger partial charge in [-0.15, -0.1) is 10.2 Å². The summed E-state index contributed by atoms with van der Waals surface area (Å²) in [6.07, 6.45) is 2.76. The van der Waals surface area contributed by atoms with Gasteiger partial charge in [0, 0.05) is 0 Å². The van der Waals surface area contributed by atoms with Crippen molar-refractivity contribution in [2.45, 2.75) is 19.3 Å². The first-order valence-electron chi connectivity index (χ1n) is 5.96. The van der Waals surface area contributed by atoms with Gasteiger partial charge in [0.05, 0.1) is 11.8 Å². The van der Waals surface area contributed by atoms with E-state index in [-0.39, 0.29) is 17.7 Å². The third-order valence-corrected chi connectivity index (χ3v) is 4.70. The number of fused-ring (bicyclic) bond motifs is 2. The largest absolute Gasteiger partial charge is 0.481 e. The minimum absolute atomic E-state index is 0.165. The van der Waals surface area contributed by atoms with Crippen LogP contribution >= 0.6 is 11.3 Å². The summed E-state index contributed by atoms with van der Waals surface area (Å²) >= 11 is 1.24. The van der Waals surface area contributed by atoms with Crippen LogP contribution in [-0.4, -0.2) is 27.2 Å². The molecule has 1 amide bonds. The van der Waals surface area contributed by atoms with Gasteiger partial charge in [-0.2, -0.15) is 0 Å². The quantitative estimate of drug-likeness (QED) is 0.859. The summed E-state index contributed by atoms with van der Waals surface area (Å²) in [5.74, 6) is -1.63. The molecule has 2 fully saturated rings. The summed E-state index contributed by atoms with van der Waals surface area (Å²) in [7, 11) is 0. The van der Waals surface area contributed by atoms with E-state index >= 15 is 0 Å². The number of rotatable bonds is 3. The molecular weight excluding hydrogens is 254 g/mol. The van der Waals surface area contributed by atoms with E-state index in [1.54, 1.807) is 0 Å². The highest BCUT2D eigenvalue weighted by molar-refractivity contribution is 7.13. The van der Waals surface area contributed by atoms with Gasteiger partial charge in [-0.3, -0.25) is 9.59 Å². The van der Waals surface area contributed by atoms with Crippen LogP contribution in [-0.2, 0) is 9.59 Å². The molecule has 4 unspecified atom stereocenters. The second-order valence-corrected chi connectivity index (χ2v) is 5.79. The number of anilines is 1. The number of aromatic nitrogens is 2. The Balaban J connectivity index is 1.78. The number of hydrogen-bond acceptors (Lipinski definition) is 5. The first-order chi connectivity index (χ1) is 8.66. The lowest BCUT2D eigenvalue weighted by atomic mass is 9.79. The second-order valence-electron chi connectivity index (χ2n) is 4.96. The van der Waals surface area contributed by atoms with Gasteiger partial charge in [-0.25, -0.2) is 0 Å². The summed E-state index contributed by atoms with van der Waals surface area (Å²) in [5.41, 5.74) is 1.53. The normalized spacial score (nSPS) is 33.6. The van der Waals surface area contributed by atoms with E-state index in [1.165, 1.54) is 16.8 Å². The monoisotopic (exact) mass is 267 g/mol. The highest BCUT2D eigenvalue weighted by Crippen LogP contribution is 2.52. The lowest BCUT2D eigenvalue weighted by Gasteiger charge is -2.26. The number of nitrogens with zero attached hydrogens (tertiary/aromatic N) is 2. The van der Waals surface area contributed by atoms with Crippen molar-refractivity contribution in [3.8, 4) is 0 Å². The molecule has 0 spiro atoms. The van der Waals surface area contributed by atoms with Crippen LogP contribution in [0.2, 0.25) is 0 Å². The van der Waals surface area contributed by atoms with Crippen LogP contribution in [0, 0.1) is 23.7 Å². The fourth-order valence-electron chi connectivity index (χ4n) is 3.44. The summed E-state index contributed by atoms with van der Waals surface area (Å²) in [6, 6.07) is 0. The minimum atomic E-state index is -0.848. The van der Waals surface area contributed by atoms with Crippen LogP contribution in [0.1, 0.15) is 19.3 Å². The molecule has 0 aromatic carbocycles. The minimum Gasteiger partial charge on any atom is -0.481 e. The molecule has 6 nitrogen and oxygen atoms in total. The van der Waals surface area contributed by atoms with Crippen LogP contribution in [0.5, 0.6) is 0 Å². The predicted octanol–water partition coefficient (Wildman–Crippen LogP) is 1.22. The number of carboxylic acids is 1. The van der Waals surface area contributed by atoms with Gasteiger partial charge in [0.25, 0.3) is 0 Å². The van der Waals surface area contributed by atoms with Gasteiger partial charge < -0.3 is 10.4 Å². The molecule has 4 atom stereocenters. The van der Waals surface area contributed by atoms with Gasteiger partial charge in [-0.05, 0) is 31.1 Å². The maximum atomic E-state index is 12.2. The molecule has 2 N–H and O–H groups in total. The Morgan fingerprint density at radius 3 is 2.67 bits per heavy atom. The summed E-state index contributed by atoms with van der Waals surface area (Å²) in [6.45, 7) is 0. The average Bonchev–Trinajstić information content (AvgIpc) is 3.03. The average molecular weight is 267 g/mol. The van der Waals surface area contributed by atoms with Crippen molar-refractivity contribution >= 4 is 28.3 Å². The maximum Gasteiger partial charge on any atom is 0.307 e. The Hall–Kier alpha value is -1.50. The molecule has 1 aromatic heterocycles. The van der Waals surface area contributed by atoms with Crippen molar-refractivity contribution in [3.63, 3.8) is 0 Å². The molecule has 18 heavy (non-hydrogen) atoms. The molecule has 1 heterocycles. The number of hydrogen-bond donors (Lipinski definition) is 2. The zero-order valence-electron chi connectivity index (χ0n) is 9.57. The first kappa shape index (κ1) is 11.6. The number of carbonyl (C=O) groups excluding carboxylic acids is 1. The fourth-order valence-corrected chi connectivity index (χ4v) is 3.89. The Kier molecular flexibility index (Phi) is 2.77. The van der Waals surface area contributed by atoms with Gasteiger partial charge in [0.1, 0.15) is 5.51 Å². The van der Waals surface area contributed by atoms with E-state index in [4.69, 9.17) is 0 Å². The topological polar surface area (TPSA) is 92.2 Å². The van der Waals surface area contributed by atoms with Gasteiger partial charge in [-0.1, -0.05) is 11.3 Å². The molecule has 1 aromatic rings. The lowest BCUT2D eigenvalue weighted by Crippen LogP contribution is -2.37. The van der Waals surface area contributed by atoms with Gasteiger partial charge in [0.15, 0.2) is 0 Å². The summed E-state index contributed by atoms with van der Waals surface area (Å²) in [5, 5.41) is 19.8. The smallest absolute Gasteiger partial charge is 0.307 e. The second kappa shape index (κ2) is 4.31. The highest BCUT2D eigenvalue weighted by Gasteiger charge is 2.54. The number of carbonyl (C=O) groups is 2. The molecule has 0 radical (unpaired) electrons. The van der Waals surface area contributed by atoms with Gasteiger partial charge in [0.2, 0.25) is 11.0 Å². The molecule has 2 aliphatic rings. The van der Waals surface area contributed by atoms with Crippen molar-refractivity contribution in [1.29, 1.82) is 0 Å². The molecular formula is C11H13N3O3S. The number of nitrogens with one attached hydrogen (secondary N) is 1. The highest BCUT2D eigenvalue weighted by atomic mass is 32.1. The SMILES string of the molecule is O=C(O)C1C2CCC(C2)C1C(=O)Nc1nncs1. The lowest BCUT2D eigenvalue weighted by molar-refractivity contribution is -0.148. The van der Waals surface area contributed by atoms with Crippen molar-refractivity contribution < 1.29 is 14.7 Å². The van der Waals surface area contributed by atoms with E-state index in [1.807, 2.05) is 0 Å². The Morgan fingerprint density at radius 1 is 1.33 bits per heavy atom. The molecule has 3 rings (SSSR count). The van der Waals surface area contributed by atoms with E-state index in [2.05, 4.69) is 15.5 Å². The Labute approximate surface area is 107 Å². The van der Waals surface area contributed by atoms with E-state index < -0.39 is 17.8 Å². The van der Waals surface area contributed by atoms with Crippen LogP contribution in [0.3, 0.4) is 0 Å². The van der Waals surface area contributed by atoms with Crippen molar-refractivity contribution in [2.24, 2.45) is 23.7 Å². The number of carboxylic acid groups (broad SMARTS) is 1. The summed E-state index contributed by atoms with van der Waals surface area (Å²) in [4.78, 5) is 23.5. The Bertz CT molecular complexity index is 476. The fraction of sp³-hybridized carbons (Fsp3) is 0.636. The number of amides is 1. The molecule has 0 aliphatic heterocycles. The van der Waals surface area contributed by atoms with Crippen molar-refractivity contribution in [2.75, 3.05) is 5.32 Å². The first-order valence-corrected chi connectivity index (χ1v) is 6.84. The third-order valence-electron chi connectivity index (χ3n) is 4.09. The molecule has 2 bridgehead atoms. The van der Waals surface area contributed by atoms with Gasteiger partial charge >= 0.3 is 5.97 Å². The molecule has 2 aliphatic carbocycles. The Morgan fingerprint density at radius 2 is 2.06 bits per heavy atom. The zero-order valence-corrected chi connectivity index (χ0v) is 10.4. The van der Waals surface area contributed by atoms with Crippen LogP contribution in [0.15, 0.2) is 5.51 Å². The summed E-state index contributed by atoms with van der Waals surface area (Å²) < 4.78 is 0. The predicted molar refractivity (Wildman–Crippen MR) is 64.0 cm³/mol. The van der Waals surface area contributed by atoms with Crippen LogP contribution in [0.4, 0.5) is 5.13 Å². The van der Waals surface area contributed by atoms with Crippen LogP contribution in [0.25, 0.3) is 0 Å². The maximum absolute atomic E-state index is 12.2. The molecule has 7 heteroatoms. The molecule has 2 saturated carbocycles. The van der Waals surface area contributed by atoms with E-state index in [0.717, 1.165) is 19.3 Å². The van der Waals surface area contributed by atoms with Crippen LogP contribution < -0.4 is 5.32 Å². The zero-order chi connectivity index (χ0) is 12.7. The molecule has 0 saturated heterocycles. The van der Waals surface area contributed by atoms with E-state index in [9.17, 15) is 14.7 Å². The van der Waals surface area contributed by atoms with Crippen molar-refractivity contribution in [3.05, 3.63) is 5.51 Å². The standard InChI is InChI=1S/C11H13N3O3S/c15-9(13-11-14-12-4-18-11)7-5-1-2-6(3-5)8(7)10(16)17/h4-8H,1-3H2,(H,16,17)(H,13,14,15). The number of aliphatic carboxylic acids is 1. The van der Waals surface area contributed by atoms with E-state index in [0.29, 0.717) is 5.13 Å². The third kappa shape index (κ3) is 1.78. The van der Waals surface area contributed by atoms with Crippen molar-refractivity contribution in [1.82, 2.24) is 10.2 Å².